The Morgan fingerprint density at radius 2 is 2.36 bits per heavy atom. The van der Waals surface area contributed by atoms with Crippen LogP contribution in [0, 0.1) is 0 Å². The van der Waals surface area contributed by atoms with Gasteiger partial charge in [0.1, 0.15) is 0 Å². The number of hydrogen-bond acceptors (Lipinski definition) is 2. The van der Waals surface area contributed by atoms with Gasteiger partial charge < -0.3 is 0 Å². The van der Waals surface area contributed by atoms with Crippen LogP contribution in [0.25, 0.3) is 5.65 Å². The van der Waals surface area contributed by atoms with Crippen molar-refractivity contribution in [2.75, 3.05) is 0 Å². The zero-order chi connectivity index (χ0) is 7.68. The van der Waals surface area contributed by atoms with Gasteiger partial charge in [-0.3, -0.25) is 0 Å². The summed E-state index contributed by atoms with van der Waals surface area (Å²) in [7, 11) is 0. The molecule has 11 heavy (non-hydrogen) atoms. The van der Waals surface area contributed by atoms with E-state index < -0.39 is 6.67 Å². The number of aromatic nitrogens is 3. The number of hydrogen-bond donors (Lipinski definition) is 0. The van der Waals surface area contributed by atoms with Crippen molar-refractivity contribution in [3.05, 3.63) is 30.2 Å². The van der Waals surface area contributed by atoms with Crippen LogP contribution in [0.1, 0.15) is 5.82 Å². The van der Waals surface area contributed by atoms with E-state index in [9.17, 15) is 4.39 Å². The molecule has 0 spiro atoms. The molecule has 0 fully saturated rings. The van der Waals surface area contributed by atoms with E-state index in [0.29, 0.717) is 5.65 Å². The fraction of sp³-hybridized carbons (Fsp3) is 0.143. The van der Waals surface area contributed by atoms with E-state index in [1.54, 1.807) is 16.8 Å². The molecule has 3 nitrogen and oxygen atoms in total. The first-order valence-electron chi connectivity index (χ1n) is 3.26. The highest BCUT2D eigenvalue weighted by Gasteiger charge is 1.99. The van der Waals surface area contributed by atoms with Crippen molar-refractivity contribution in [1.29, 1.82) is 0 Å². The summed E-state index contributed by atoms with van der Waals surface area (Å²) in [6, 6.07) is 5.45. The Morgan fingerprint density at radius 1 is 1.45 bits per heavy atom. The maximum Gasteiger partial charge on any atom is 0.182 e. The van der Waals surface area contributed by atoms with Gasteiger partial charge in [-0.1, -0.05) is 6.07 Å². The first-order chi connectivity index (χ1) is 5.40. The minimum atomic E-state index is -0.609. The van der Waals surface area contributed by atoms with Gasteiger partial charge in [-0.05, 0) is 12.1 Å². The van der Waals surface area contributed by atoms with Crippen molar-refractivity contribution in [2.24, 2.45) is 0 Å². The van der Waals surface area contributed by atoms with Gasteiger partial charge in [-0.25, -0.2) is 13.9 Å². The first-order valence-corrected chi connectivity index (χ1v) is 3.26. The summed E-state index contributed by atoms with van der Waals surface area (Å²) in [5.41, 5.74) is 0.681. The summed E-state index contributed by atoms with van der Waals surface area (Å²) < 4.78 is 13.6. The first kappa shape index (κ1) is 6.27. The lowest BCUT2D eigenvalue weighted by Gasteiger charge is -1.84. The van der Waals surface area contributed by atoms with Crippen LogP contribution >= 0.6 is 0 Å². The lowest BCUT2D eigenvalue weighted by atomic mass is 10.5. The average Bonchev–Trinajstić information content (AvgIpc) is 2.46. The topological polar surface area (TPSA) is 30.2 Å². The lowest BCUT2D eigenvalue weighted by Crippen LogP contribution is -1.85. The van der Waals surface area contributed by atoms with Gasteiger partial charge in [-0.2, -0.15) is 0 Å². The van der Waals surface area contributed by atoms with E-state index in [4.69, 9.17) is 0 Å². The lowest BCUT2D eigenvalue weighted by molar-refractivity contribution is 0.465. The summed E-state index contributed by atoms with van der Waals surface area (Å²) in [4.78, 5) is 3.91. The molecule has 0 atom stereocenters. The molecule has 0 aliphatic carbocycles. The van der Waals surface area contributed by atoms with Crippen molar-refractivity contribution in [2.45, 2.75) is 6.67 Å². The molecule has 0 aromatic carbocycles. The standard InChI is InChI=1S/C7H6FN3/c8-5-6-9-7-3-1-2-4-11(7)10-6/h1-4H,5H2. The molecule has 2 aromatic rings. The average molecular weight is 151 g/mol. The minimum absolute atomic E-state index is 0.233. The van der Waals surface area contributed by atoms with Crippen LogP contribution in [0.4, 0.5) is 4.39 Å². The number of halogens is 1. The number of rotatable bonds is 1. The Balaban J connectivity index is 2.69. The number of pyridine rings is 1. The third-order valence-electron chi connectivity index (χ3n) is 1.40. The zero-order valence-electron chi connectivity index (χ0n) is 5.74. The van der Waals surface area contributed by atoms with Crippen LogP contribution in [-0.2, 0) is 6.67 Å². The summed E-state index contributed by atoms with van der Waals surface area (Å²) in [5, 5.41) is 3.86. The van der Waals surface area contributed by atoms with E-state index in [-0.39, 0.29) is 5.82 Å². The molecular formula is C7H6FN3. The van der Waals surface area contributed by atoms with E-state index in [1.165, 1.54) is 0 Å². The maximum atomic E-state index is 12.0. The van der Waals surface area contributed by atoms with Crippen molar-refractivity contribution >= 4 is 5.65 Å². The fourth-order valence-electron chi connectivity index (χ4n) is 0.934. The second-order valence-electron chi connectivity index (χ2n) is 2.17. The van der Waals surface area contributed by atoms with E-state index in [1.807, 2.05) is 12.1 Å². The molecule has 0 bridgehead atoms. The van der Waals surface area contributed by atoms with Gasteiger partial charge in [0, 0.05) is 6.20 Å². The third-order valence-corrected chi connectivity index (χ3v) is 1.40. The van der Waals surface area contributed by atoms with Crippen LogP contribution < -0.4 is 0 Å². The normalized spacial score (nSPS) is 10.6. The highest BCUT2D eigenvalue weighted by atomic mass is 19.1. The maximum absolute atomic E-state index is 12.0. The Kier molecular flexibility index (Phi) is 1.31. The molecule has 0 radical (unpaired) electrons. The van der Waals surface area contributed by atoms with E-state index in [0.717, 1.165) is 0 Å². The molecule has 0 amide bonds. The molecule has 56 valence electrons. The van der Waals surface area contributed by atoms with Crippen molar-refractivity contribution < 1.29 is 4.39 Å². The van der Waals surface area contributed by atoms with Crippen LogP contribution in [0.15, 0.2) is 24.4 Å². The Hall–Kier alpha value is -1.45. The zero-order valence-corrected chi connectivity index (χ0v) is 5.74. The molecule has 0 aliphatic heterocycles. The van der Waals surface area contributed by atoms with Gasteiger partial charge in [0.15, 0.2) is 18.1 Å². The Labute approximate surface area is 62.5 Å². The third kappa shape index (κ3) is 0.960. The monoisotopic (exact) mass is 151 g/mol. The fourth-order valence-corrected chi connectivity index (χ4v) is 0.934. The Morgan fingerprint density at radius 3 is 3.09 bits per heavy atom. The van der Waals surface area contributed by atoms with Crippen LogP contribution in [0.2, 0.25) is 0 Å². The number of fused-ring (bicyclic) bond motifs is 1. The highest BCUT2D eigenvalue weighted by molar-refractivity contribution is 5.35. The Bertz CT molecular complexity index is 335. The molecule has 0 saturated carbocycles. The summed E-state index contributed by atoms with van der Waals surface area (Å²) in [5.74, 6) is 0.233. The predicted octanol–water partition coefficient (Wildman–Crippen LogP) is 1.20. The van der Waals surface area contributed by atoms with Crippen LogP contribution in [0.5, 0.6) is 0 Å². The molecule has 0 aliphatic rings. The number of alkyl halides is 1. The van der Waals surface area contributed by atoms with Gasteiger partial charge in [0.05, 0.1) is 0 Å². The molecule has 0 N–H and O–H groups in total. The second kappa shape index (κ2) is 2.30. The predicted molar refractivity (Wildman–Crippen MR) is 37.8 cm³/mol. The minimum Gasteiger partial charge on any atom is -0.242 e. The van der Waals surface area contributed by atoms with Crippen molar-refractivity contribution in [3.8, 4) is 0 Å². The van der Waals surface area contributed by atoms with E-state index in [2.05, 4.69) is 10.1 Å². The summed E-state index contributed by atoms with van der Waals surface area (Å²) in [6.07, 6.45) is 1.74. The second-order valence-corrected chi connectivity index (χ2v) is 2.17. The van der Waals surface area contributed by atoms with Crippen molar-refractivity contribution in [3.63, 3.8) is 0 Å². The highest BCUT2D eigenvalue weighted by Crippen LogP contribution is 2.00. The van der Waals surface area contributed by atoms with Gasteiger partial charge in [0.2, 0.25) is 0 Å². The number of nitrogens with zero attached hydrogens (tertiary/aromatic N) is 3. The molecule has 0 unspecified atom stereocenters. The van der Waals surface area contributed by atoms with Crippen molar-refractivity contribution in [1.82, 2.24) is 14.6 Å². The van der Waals surface area contributed by atoms with E-state index >= 15 is 0 Å². The van der Waals surface area contributed by atoms with Crippen LogP contribution in [-0.4, -0.2) is 14.6 Å². The molecule has 2 heterocycles. The molecule has 2 aromatic heterocycles. The molecule has 0 saturated heterocycles. The quantitative estimate of drug-likeness (QED) is 0.613. The molecule has 2 rings (SSSR count). The molecule has 4 heteroatoms. The summed E-state index contributed by atoms with van der Waals surface area (Å²) in [6.45, 7) is -0.609. The van der Waals surface area contributed by atoms with Gasteiger partial charge in [-0.15, -0.1) is 5.10 Å². The smallest absolute Gasteiger partial charge is 0.182 e. The van der Waals surface area contributed by atoms with Crippen LogP contribution in [0.3, 0.4) is 0 Å². The molecular weight excluding hydrogens is 145 g/mol. The van der Waals surface area contributed by atoms with Gasteiger partial charge in [0.25, 0.3) is 0 Å². The summed E-state index contributed by atoms with van der Waals surface area (Å²) >= 11 is 0. The SMILES string of the molecule is FCc1nc2ccccn2n1. The largest absolute Gasteiger partial charge is 0.242 e. The van der Waals surface area contributed by atoms with Gasteiger partial charge >= 0.3 is 0 Å².